The van der Waals surface area contributed by atoms with Crippen molar-refractivity contribution in [3.63, 3.8) is 0 Å². The molecule has 0 unspecified atom stereocenters. The van der Waals surface area contributed by atoms with Gasteiger partial charge in [-0.3, -0.25) is 9.59 Å². The van der Waals surface area contributed by atoms with E-state index in [4.69, 9.17) is 5.11 Å². The summed E-state index contributed by atoms with van der Waals surface area (Å²) < 4.78 is 0. The zero-order chi connectivity index (χ0) is 13.9. The van der Waals surface area contributed by atoms with E-state index in [0.29, 0.717) is 19.4 Å². The molecule has 0 aromatic heterocycles. The quantitative estimate of drug-likeness (QED) is 0.784. The molecule has 1 aliphatic rings. The standard InChI is InChI=1S/C14H23NO3/c1-14(2,3)9-15(4)12(16)10-7-5-6-8-11(10)13(17)18/h5-6,10-11H,7-9H2,1-4H3,(H,17,18)/t10-,11+/m1/s1. The maximum absolute atomic E-state index is 12.3. The maximum Gasteiger partial charge on any atom is 0.307 e. The molecule has 18 heavy (non-hydrogen) atoms. The summed E-state index contributed by atoms with van der Waals surface area (Å²) in [5.74, 6) is -1.92. The summed E-state index contributed by atoms with van der Waals surface area (Å²) in [6, 6.07) is 0. The van der Waals surface area contributed by atoms with Crippen LogP contribution in [0.15, 0.2) is 12.2 Å². The van der Waals surface area contributed by atoms with Crippen LogP contribution < -0.4 is 0 Å². The molecule has 1 rings (SSSR count). The van der Waals surface area contributed by atoms with Crippen LogP contribution in [0.2, 0.25) is 0 Å². The van der Waals surface area contributed by atoms with Crippen LogP contribution >= 0.6 is 0 Å². The average molecular weight is 253 g/mol. The van der Waals surface area contributed by atoms with Gasteiger partial charge in [0.1, 0.15) is 0 Å². The molecule has 102 valence electrons. The Morgan fingerprint density at radius 2 is 1.72 bits per heavy atom. The second-order valence-corrected chi connectivity index (χ2v) is 6.25. The fraction of sp³-hybridized carbons (Fsp3) is 0.714. The van der Waals surface area contributed by atoms with Crippen molar-refractivity contribution < 1.29 is 14.7 Å². The van der Waals surface area contributed by atoms with E-state index in [0.717, 1.165) is 0 Å². The fourth-order valence-corrected chi connectivity index (χ4v) is 2.43. The van der Waals surface area contributed by atoms with Crippen LogP contribution in [0, 0.1) is 17.3 Å². The predicted molar refractivity (Wildman–Crippen MR) is 70.1 cm³/mol. The molecule has 1 N–H and O–H groups in total. The van der Waals surface area contributed by atoms with Gasteiger partial charge in [0.15, 0.2) is 0 Å². The third kappa shape index (κ3) is 3.86. The van der Waals surface area contributed by atoms with Crippen LogP contribution in [0.4, 0.5) is 0 Å². The Balaban J connectivity index is 2.75. The van der Waals surface area contributed by atoms with E-state index in [-0.39, 0.29) is 11.3 Å². The summed E-state index contributed by atoms with van der Waals surface area (Å²) in [6.07, 6.45) is 4.75. The first kappa shape index (κ1) is 14.7. The first-order valence-corrected chi connectivity index (χ1v) is 6.35. The molecule has 0 saturated carbocycles. The van der Waals surface area contributed by atoms with Crippen molar-refractivity contribution in [3.05, 3.63) is 12.2 Å². The Hall–Kier alpha value is -1.32. The van der Waals surface area contributed by atoms with E-state index in [2.05, 4.69) is 20.8 Å². The molecule has 0 aromatic carbocycles. The van der Waals surface area contributed by atoms with E-state index >= 15 is 0 Å². The van der Waals surface area contributed by atoms with Crippen molar-refractivity contribution in [2.75, 3.05) is 13.6 Å². The molecule has 2 atom stereocenters. The van der Waals surface area contributed by atoms with Crippen molar-refractivity contribution >= 4 is 11.9 Å². The number of aliphatic carboxylic acids is 1. The Morgan fingerprint density at radius 3 is 2.17 bits per heavy atom. The molecule has 1 aliphatic carbocycles. The number of allylic oxidation sites excluding steroid dienone is 2. The van der Waals surface area contributed by atoms with Crippen LogP contribution in [0.1, 0.15) is 33.6 Å². The maximum atomic E-state index is 12.3. The number of rotatable bonds is 3. The number of carbonyl (C=O) groups excluding carboxylic acids is 1. The third-order valence-corrected chi connectivity index (χ3v) is 3.15. The van der Waals surface area contributed by atoms with E-state index in [1.54, 1.807) is 11.9 Å². The first-order valence-electron chi connectivity index (χ1n) is 6.35. The lowest BCUT2D eigenvalue weighted by molar-refractivity contribution is -0.150. The minimum absolute atomic E-state index is 0.0215. The number of nitrogens with zero attached hydrogens (tertiary/aromatic N) is 1. The number of hydrogen-bond donors (Lipinski definition) is 1. The monoisotopic (exact) mass is 253 g/mol. The lowest BCUT2D eigenvalue weighted by Crippen LogP contribution is -2.42. The summed E-state index contributed by atoms with van der Waals surface area (Å²) in [4.78, 5) is 25.2. The van der Waals surface area contributed by atoms with Crippen LogP contribution in [0.3, 0.4) is 0 Å². The SMILES string of the molecule is CN(CC(C)(C)C)C(=O)[C@@H]1CC=CC[C@@H]1C(=O)O. The van der Waals surface area contributed by atoms with Crippen LogP contribution in [-0.4, -0.2) is 35.5 Å². The highest BCUT2D eigenvalue weighted by Gasteiger charge is 2.36. The molecule has 0 bridgehead atoms. The molecule has 4 heteroatoms. The zero-order valence-electron chi connectivity index (χ0n) is 11.6. The van der Waals surface area contributed by atoms with Crippen LogP contribution in [0.25, 0.3) is 0 Å². The molecule has 0 aromatic rings. The Morgan fingerprint density at radius 1 is 1.22 bits per heavy atom. The highest BCUT2D eigenvalue weighted by Crippen LogP contribution is 2.28. The summed E-state index contributed by atoms with van der Waals surface area (Å²) in [6.45, 7) is 6.82. The van der Waals surface area contributed by atoms with Gasteiger partial charge in [0.2, 0.25) is 5.91 Å². The Labute approximate surface area is 109 Å². The minimum atomic E-state index is -0.873. The molecule has 0 saturated heterocycles. The zero-order valence-corrected chi connectivity index (χ0v) is 11.6. The molecule has 0 aliphatic heterocycles. The molecular weight excluding hydrogens is 230 g/mol. The molecule has 4 nitrogen and oxygen atoms in total. The van der Waals surface area contributed by atoms with Gasteiger partial charge in [-0.1, -0.05) is 32.9 Å². The van der Waals surface area contributed by atoms with Gasteiger partial charge in [0.25, 0.3) is 0 Å². The molecule has 1 amide bonds. The second kappa shape index (κ2) is 5.55. The van der Waals surface area contributed by atoms with Gasteiger partial charge >= 0.3 is 5.97 Å². The number of carboxylic acid groups (broad SMARTS) is 1. The van der Waals surface area contributed by atoms with Gasteiger partial charge in [-0.25, -0.2) is 0 Å². The van der Waals surface area contributed by atoms with E-state index in [9.17, 15) is 9.59 Å². The van der Waals surface area contributed by atoms with Crippen molar-refractivity contribution in [1.82, 2.24) is 4.90 Å². The molecule has 0 heterocycles. The fourth-order valence-electron chi connectivity index (χ4n) is 2.43. The van der Waals surface area contributed by atoms with Crippen molar-refractivity contribution in [2.45, 2.75) is 33.6 Å². The highest BCUT2D eigenvalue weighted by atomic mass is 16.4. The molecule has 0 radical (unpaired) electrons. The smallest absolute Gasteiger partial charge is 0.307 e. The minimum Gasteiger partial charge on any atom is -0.481 e. The van der Waals surface area contributed by atoms with Gasteiger partial charge in [-0.05, 0) is 18.3 Å². The van der Waals surface area contributed by atoms with Gasteiger partial charge in [0.05, 0.1) is 11.8 Å². The summed E-state index contributed by atoms with van der Waals surface area (Å²) in [5.41, 5.74) is 0.0215. The second-order valence-electron chi connectivity index (χ2n) is 6.25. The number of carboxylic acids is 1. The predicted octanol–water partition coefficient (Wildman–Crippen LogP) is 2.16. The van der Waals surface area contributed by atoms with E-state index < -0.39 is 17.8 Å². The normalized spacial score (nSPS) is 23.8. The Kier molecular flexibility index (Phi) is 4.54. The largest absolute Gasteiger partial charge is 0.481 e. The first-order chi connectivity index (χ1) is 8.22. The van der Waals surface area contributed by atoms with Gasteiger partial charge < -0.3 is 10.0 Å². The lowest BCUT2D eigenvalue weighted by atomic mass is 9.82. The highest BCUT2D eigenvalue weighted by molar-refractivity contribution is 5.85. The van der Waals surface area contributed by atoms with Crippen LogP contribution in [0.5, 0.6) is 0 Å². The summed E-state index contributed by atoms with van der Waals surface area (Å²) in [7, 11) is 1.75. The number of carbonyl (C=O) groups is 2. The number of amides is 1. The van der Waals surface area contributed by atoms with E-state index in [1.165, 1.54) is 0 Å². The molecular formula is C14H23NO3. The average Bonchev–Trinajstić information content (AvgIpc) is 2.25. The Bertz CT molecular complexity index is 355. The summed E-state index contributed by atoms with van der Waals surface area (Å²) in [5, 5.41) is 9.17. The van der Waals surface area contributed by atoms with Gasteiger partial charge in [-0.2, -0.15) is 0 Å². The van der Waals surface area contributed by atoms with Crippen molar-refractivity contribution in [1.29, 1.82) is 0 Å². The third-order valence-electron chi connectivity index (χ3n) is 3.15. The van der Waals surface area contributed by atoms with Gasteiger partial charge in [0, 0.05) is 13.6 Å². The number of hydrogen-bond acceptors (Lipinski definition) is 2. The topological polar surface area (TPSA) is 57.6 Å². The molecule has 0 fully saturated rings. The van der Waals surface area contributed by atoms with E-state index in [1.807, 2.05) is 12.2 Å². The summed E-state index contributed by atoms with van der Waals surface area (Å²) >= 11 is 0. The van der Waals surface area contributed by atoms with Crippen LogP contribution in [-0.2, 0) is 9.59 Å². The van der Waals surface area contributed by atoms with Crippen molar-refractivity contribution in [2.24, 2.45) is 17.3 Å². The van der Waals surface area contributed by atoms with Crippen molar-refractivity contribution in [3.8, 4) is 0 Å². The molecule has 0 spiro atoms. The lowest BCUT2D eigenvalue weighted by Gasteiger charge is -2.32. The van der Waals surface area contributed by atoms with Gasteiger partial charge in [-0.15, -0.1) is 0 Å².